The van der Waals surface area contributed by atoms with E-state index in [0.717, 1.165) is 32.1 Å². The van der Waals surface area contributed by atoms with Gasteiger partial charge in [-0.25, -0.2) is 0 Å². The Kier molecular flexibility index (Phi) is 4.70. The van der Waals surface area contributed by atoms with Crippen molar-refractivity contribution >= 4 is 0 Å². The van der Waals surface area contributed by atoms with Crippen LogP contribution in [-0.2, 0) is 0 Å². The Bertz CT molecular complexity index is 141. The molecular formula is C10H21NO2. The minimum absolute atomic E-state index is 0.156. The van der Waals surface area contributed by atoms with Crippen molar-refractivity contribution in [3.05, 3.63) is 0 Å². The van der Waals surface area contributed by atoms with Gasteiger partial charge in [0, 0.05) is 18.7 Å². The van der Waals surface area contributed by atoms with Gasteiger partial charge in [0.2, 0.25) is 0 Å². The lowest BCUT2D eigenvalue weighted by molar-refractivity contribution is 0.142. The summed E-state index contributed by atoms with van der Waals surface area (Å²) in [6.07, 6.45) is 4.83. The number of aliphatic hydroxyl groups excluding tert-OH is 2. The van der Waals surface area contributed by atoms with E-state index in [0.29, 0.717) is 6.04 Å². The van der Waals surface area contributed by atoms with E-state index in [-0.39, 0.29) is 18.8 Å². The predicted octanol–water partition coefficient (Wildman–Crippen LogP) is 0.650. The van der Waals surface area contributed by atoms with Crippen molar-refractivity contribution < 1.29 is 10.2 Å². The van der Waals surface area contributed by atoms with Gasteiger partial charge in [0.25, 0.3) is 0 Å². The molecule has 13 heavy (non-hydrogen) atoms. The van der Waals surface area contributed by atoms with E-state index < -0.39 is 0 Å². The molecule has 1 fully saturated rings. The van der Waals surface area contributed by atoms with Crippen LogP contribution in [-0.4, -0.2) is 35.0 Å². The van der Waals surface area contributed by atoms with E-state index in [1.165, 1.54) is 0 Å². The van der Waals surface area contributed by atoms with E-state index in [1.807, 2.05) is 0 Å². The van der Waals surface area contributed by atoms with Crippen LogP contribution in [0.4, 0.5) is 0 Å². The second kappa shape index (κ2) is 5.58. The van der Waals surface area contributed by atoms with Crippen molar-refractivity contribution in [1.82, 2.24) is 5.32 Å². The molecule has 3 nitrogen and oxygen atoms in total. The van der Waals surface area contributed by atoms with Crippen LogP contribution >= 0.6 is 0 Å². The van der Waals surface area contributed by atoms with Gasteiger partial charge in [0.05, 0.1) is 6.10 Å². The lowest BCUT2D eigenvalue weighted by Crippen LogP contribution is -2.41. The van der Waals surface area contributed by atoms with Gasteiger partial charge in [0.15, 0.2) is 0 Å². The molecule has 1 aliphatic carbocycles. The lowest BCUT2D eigenvalue weighted by atomic mass is 10.1. The van der Waals surface area contributed by atoms with E-state index in [9.17, 15) is 5.11 Å². The maximum absolute atomic E-state index is 9.55. The monoisotopic (exact) mass is 187 g/mol. The molecule has 1 aliphatic rings. The third kappa shape index (κ3) is 3.63. The molecule has 1 unspecified atom stereocenters. The molecule has 0 radical (unpaired) electrons. The minimum atomic E-state index is -0.156. The smallest absolute Gasteiger partial charge is 0.0693 e. The molecule has 3 N–H and O–H groups in total. The molecule has 1 rings (SSSR count). The summed E-state index contributed by atoms with van der Waals surface area (Å²) >= 11 is 0. The molecule has 0 amide bonds. The van der Waals surface area contributed by atoms with Crippen LogP contribution in [0.2, 0.25) is 0 Å². The topological polar surface area (TPSA) is 52.5 Å². The summed E-state index contributed by atoms with van der Waals surface area (Å²) < 4.78 is 0. The van der Waals surface area contributed by atoms with Crippen molar-refractivity contribution in [2.24, 2.45) is 0 Å². The Balaban J connectivity index is 2.15. The predicted molar refractivity (Wildman–Crippen MR) is 52.6 cm³/mol. The largest absolute Gasteiger partial charge is 0.396 e. The summed E-state index contributed by atoms with van der Waals surface area (Å²) in [5.74, 6) is 0. The van der Waals surface area contributed by atoms with Crippen LogP contribution in [0.15, 0.2) is 0 Å². The highest BCUT2D eigenvalue weighted by atomic mass is 16.3. The lowest BCUT2D eigenvalue weighted by Gasteiger charge is -2.21. The molecule has 0 bridgehead atoms. The molecule has 3 heteroatoms. The number of hydrogen-bond acceptors (Lipinski definition) is 3. The molecule has 1 saturated carbocycles. The van der Waals surface area contributed by atoms with Crippen LogP contribution in [0.25, 0.3) is 0 Å². The molecule has 0 saturated heterocycles. The van der Waals surface area contributed by atoms with Gasteiger partial charge >= 0.3 is 0 Å². The molecule has 0 heterocycles. The number of nitrogens with one attached hydrogen (secondary N) is 1. The molecule has 0 aliphatic heterocycles. The highest BCUT2D eigenvalue weighted by Gasteiger charge is 2.25. The normalized spacial score (nSPS) is 30.7. The fourth-order valence-electron chi connectivity index (χ4n) is 1.98. The van der Waals surface area contributed by atoms with Gasteiger partial charge in [-0.05, 0) is 39.0 Å². The van der Waals surface area contributed by atoms with Gasteiger partial charge in [-0.1, -0.05) is 0 Å². The first-order chi connectivity index (χ1) is 6.24. The molecule has 0 aromatic rings. The van der Waals surface area contributed by atoms with Crippen molar-refractivity contribution in [2.45, 2.75) is 57.2 Å². The van der Waals surface area contributed by atoms with Gasteiger partial charge < -0.3 is 15.5 Å². The molecule has 0 aromatic heterocycles. The first kappa shape index (κ1) is 11.0. The fourth-order valence-corrected chi connectivity index (χ4v) is 1.98. The summed E-state index contributed by atoms with van der Waals surface area (Å²) in [6.45, 7) is 2.37. The second-order valence-electron chi connectivity index (χ2n) is 4.04. The van der Waals surface area contributed by atoms with Gasteiger partial charge in [-0.2, -0.15) is 0 Å². The van der Waals surface area contributed by atoms with E-state index in [2.05, 4.69) is 12.2 Å². The van der Waals surface area contributed by atoms with E-state index >= 15 is 0 Å². The van der Waals surface area contributed by atoms with Crippen LogP contribution < -0.4 is 5.32 Å². The third-order valence-corrected chi connectivity index (χ3v) is 2.77. The maximum atomic E-state index is 9.55. The Morgan fingerprint density at radius 1 is 1.46 bits per heavy atom. The summed E-state index contributed by atoms with van der Waals surface area (Å²) in [5, 5.41) is 21.6. The Morgan fingerprint density at radius 3 is 2.77 bits per heavy atom. The Morgan fingerprint density at radius 2 is 2.23 bits per heavy atom. The zero-order valence-corrected chi connectivity index (χ0v) is 8.37. The maximum Gasteiger partial charge on any atom is 0.0693 e. The van der Waals surface area contributed by atoms with Crippen molar-refractivity contribution in [3.8, 4) is 0 Å². The Hall–Kier alpha value is -0.120. The zero-order valence-electron chi connectivity index (χ0n) is 8.37. The van der Waals surface area contributed by atoms with Crippen molar-refractivity contribution in [3.63, 3.8) is 0 Å². The number of hydrogen-bond donors (Lipinski definition) is 3. The molecular weight excluding hydrogens is 166 g/mol. The molecule has 78 valence electrons. The average molecular weight is 187 g/mol. The van der Waals surface area contributed by atoms with Crippen LogP contribution in [0.3, 0.4) is 0 Å². The average Bonchev–Trinajstić information content (AvgIpc) is 2.48. The molecule has 0 spiro atoms. The van der Waals surface area contributed by atoms with Crippen molar-refractivity contribution in [2.75, 3.05) is 6.61 Å². The van der Waals surface area contributed by atoms with Crippen LogP contribution in [0.1, 0.15) is 39.0 Å². The van der Waals surface area contributed by atoms with E-state index in [1.54, 1.807) is 0 Å². The SMILES string of the molecule is CC(CCCO)N[C@@H]1CCC[C@H]1O. The van der Waals surface area contributed by atoms with Gasteiger partial charge in [0.1, 0.15) is 0 Å². The van der Waals surface area contributed by atoms with Crippen LogP contribution in [0.5, 0.6) is 0 Å². The summed E-state index contributed by atoms with van der Waals surface area (Å²) in [6, 6.07) is 0.693. The molecule has 0 aromatic carbocycles. The van der Waals surface area contributed by atoms with Gasteiger partial charge in [-0.3, -0.25) is 0 Å². The first-order valence-electron chi connectivity index (χ1n) is 5.29. The minimum Gasteiger partial charge on any atom is -0.396 e. The van der Waals surface area contributed by atoms with Crippen molar-refractivity contribution in [1.29, 1.82) is 0 Å². The Labute approximate surface area is 80.2 Å². The van der Waals surface area contributed by atoms with E-state index in [4.69, 9.17) is 5.11 Å². The quantitative estimate of drug-likeness (QED) is 0.592. The highest BCUT2D eigenvalue weighted by Crippen LogP contribution is 2.19. The second-order valence-corrected chi connectivity index (χ2v) is 4.04. The third-order valence-electron chi connectivity index (χ3n) is 2.77. The molecule has 3 atom stereocenters. The zero-order chi connectivity index (χ0) is 9.68. The van der Waals surface area contributed by atoms with Gasteiger partial charge in [-0.15, -0.1) is 0 Å². The van der Waals surface area contributed by atoms with Crippen LogP contribution in [0, 0.1) is 0 Å². The highest BCUT2D eigenvalue weighted by molar-refractivity contribution is 4.84. The standard InChI is InChI=1S/C10H21NO2/c1-8(4-3-7-12)11-9-5-2-6-10(9)13/h8-13H,2-7H2,1H3/t8?,9-,10-/m1/s1. The fraction of sp³-hybridized carbons (Fsp3) is 1.00. The summed E-state index contributed by atoms with van der Waals surface area (Å²) in [7, 11) is 0. The number of rotatable bonds is 5. The summed E-state index contributed by atoms with van der Waals surface area (Å²) in [5.41, 5.74) is 0. The number of aliphatic hydroxyl groups is 2. The summed E-state index contributed by atoms with van der Waals surface area (Å²) in [4.78, 5) is 0. The first-order valence-corrected chi connectivity index (χ1v) is 5.29.